The van der Waals surface area contributed by atoms with Gasteiger partial charge < -0.3 is 15.7 Å². The van der Waals surface area contributed by atoms with Crippen LogP contribution in [0.2, 0.25) is 0 Å². The van der Waals surface area contributed by atoms with Gasteiger partial charge in [0.1, 0.15) is 10.4 Å². The van der Waals surface area contributed by atoms with Crippen molar-refractivity contribution in [1.82, 2.24) is 9.88 Å². The van der Waals surface area contributed by atoms with E-state index in [1.807, 2.05) is 0 Å². The van der Waals surface area contributed by atoms with E-state index in [9.17, 15) is 31.5 Å². The van der Waals surface area contributed by atoms with Crippen LogP contribution in [-0.2, 0) is 10.0 Å². The minimum absolute atomic E-state index is 0.0156. The maximum absolute atomic E-state index is 12.9. The molecule has 0 atom stereocenters. The molecular weight excluding hydrogens is 517 g/mol. The number of nitrogens with one attached hydrogen (secondary N) is 1. The summed E-state index contributed by atoms with van der Waals surface area (Å²) in [6, 6.07) is 10.6. The Morgan fingerprint density at radius 2 is 1.86 bits per heavy atom. The van der Waals surface area contributed by atoms with Gasteiger partial charge in [0, 0.05) is 24.3 Å². The highest BCUT2D eigenvalue weighted by Gasteiger charge is 2.33. The first kappa shape index (κ1) is 25.9. The number of nitrogens with zero attached hydrogens (tertiary/aromatic N) is 2. The van der Waals surface area contributed by atoms with Crippen LogP contribution in [0, 0.1) is 0 Å². The van der Waals surface area contributed by atoms with Crippen LogP contribution in [0.5, 0.6) is 0 Å². The van der Waals surface area contributed by atoms with Gasteiger partial charge in [-0.25, -0.2) is 13.4 Å². The van der Waals surface area contributed by atoms with Gasteiger partial charge in [-0.3, -0.25) is 9.52 Å². The van der Waals surface area contributed by atoms with Crippen molar-refractivity contribution in [3.8, 4) is 0 Å². The molecule has 36 heavy (non-hydrogen) atoms. The Balaban J connectivity index is 1.40. The fraction of sp³-hybridized carbons (Fsp3) is 0.304. The predicted molar refractivity (Wildman–Crippen MR) is 131 cm³/mol. The molecule has 2 aromatic carbocycles. The van der Waals surface area contributed by atoms with E-state index >= 15 is 0 Å². The van der Waals surface area contributed by atoms with Gasteiger partial charge in [0.25, 0.3) is 15.9 Å². The highest BCUT2D eigenvalue weighted by atomic mass is 32.2. The van der Waals surface area contributed by atoms with Crippen LogP contribution < -0.4 is 10.5 Å². The Morgan fingerprint density at radius 3 is 2.50 bits per heavy atom. The first-order chi connectivity index (χ1) is 16.9. The fourth-order valence-electron chi connectivity index (χ4n) is 3.91. The quantitative estimate of drug-likeness (QED) is 0.403. The second-order valence-corrected chi connectivity index (χ2v) is 11.2. The van der Waals surface area contributed by atoms with Gasteiger partial charge in [0.05, 0.1) is 16.7 Å². The number of benzene rings is 2. The van der Waals surface area contributed by atoms with Gasteiger partial charge in [-0.05, 0) is 49.2 Å². The summed E-state index contributed by atoms with van der Waals surface area (Å²) in [5.74, 6) is -0.326. The number of para-hydroxylation sites is 1. The molecule has 1 aliphatic heterocycles. The van der Waals surface area contributed by atoms with Gasteiger partial charge in [-0.15, -0.1) is 0 Å². The van der Waals surface area contributed by atoms with Crippen LogP contribution in [0.25, 0.3) is 10.2 Å². The smallest absolute Gasteiger partial charge is 0.386 e. The Kier molecular flexibility index (Phi) is 6.99. The number of thiazole rings is 1. The number of carbonyl (C=O) groups is 1. The molecule has 3 aromatic rings. The zero-order valence-corrected chi connectivity index (χ0v) is 20.5. The van der Waals surface area contributed by atoms with E-state index in [2.05, 4.69) is 9.71 Å². The maximum Gasteiger partial charge on any atom is 0.392 e. The number of fused-ring (bicyclic) bond motifs is 1. The van der Waals surface area contributed by atoms with Crippen molar-refractivity contribution < 1.29 is 31.5 Å². The molecule has 8 nitrogen and oxygen atoms in total. The lowest BCUT2D eigenvalue weighted by Crippen LogP contribution is -2.45. The van der Waals surface area contributed by atoms with Crippen molar-refractivity contribution in [2.45, 2.75) is 35.9 Å². The number of carbonyl (C=O) groups excluding carboxylic acids is 1. The average Bonchev–Trinajstić information content (AvgIpc) is 3.18. The van der Waals surface area contributed by atoms with E-state index in [1.165, 1.54) is 46.6 Å². The summed E-state index contributed by atoms with van der Waals surface area (Å²) in [4.78, 5) is 18.4. The number of aliphatic hydroxyl groups is 1. The number of likely N-dealkylation sites (tertiary alicyclic amines) is 1. The molecule has 1 aromatic heterocycles. The van der Waals surface area contributed by atoms with Crippen LogP contribution in [0.4, 0.5) is 24.0 Å². The Morgan fingerprint density at radius 1 is 1.19 bits per heavy atom. The molecule has 0 bridgehead atoms. The number of amides is 1. The molecule has 0 unspecified atom stereocenters. The van der Waals surface area contributed by atoms with E-state index in [0.29, 0.717) is 10.3 Å². The molecule has 0 radical (unpaired) electrons. The first-order valence-corrected chi connectivity index (χ1v) is 13.2. The molecule has 1 fully saturated rings. The zero-order chi connectivity index (χ0) is 26.1. The van der Waals surface area contributed by atoms with E-state index in [0.717, 1.165) is 12.2 Å². The summed E-state index contributed by atoms with van der Waals surface area (Å²) in [5.41, 5.74) is 5.15. The SMILES string of the molecule is Nc1nc2c(S(=O)(=O)Nc3ccc(C(=O)N4CCC(O)(C=CCC(F)(F)F)CC4)cc3)cccc2s1. The number of rotatable bonds is 6. The van der Waals surface area contributed by atoms with Crippen LogP contribution in [0.3, 0.4) is 0 Å². The molecule has 0 saturated carbocycles. The molecule has 2 heterocycles. The van der Waals surface area contributed by atoms with Crippen LogP contribution in [0.15, 0.2) is 59.5 Å². The lowest BCUT2D eigenvalue weighted by Gasteiger charge is -2.36. The monoisotopic (exact) mass is 540 g/mol. The molecule has 0 spiro atoms. The number of alkyl halides is 3. The van der Waals surface area contributed by atoms with Crippen molar-refractivity contribution in [3.63, 3.8) is 0 Å². The van der Waals surface area contributed by atoms with Gasteiger partial charge in [0.15, 0.2) is 5.13 Å². The largest absolute Gasteiger partial charge is 0.392 e. The van der Waals surface area contributed by atoms with E-state index in [1.54, 1.807) is 12.1 Å². The normalized spacial score (nSPS) is 16.5. The minimum atomic E-state index is -4.34. The van der Waals surface area contributed by atoms with Crippen molar-refractivity contribution in [2.24, 2.45) is 0 Å². The minimum Gasteiger partial charge on any atom is -0.386 e. The van der Waals surface area contributed by atoms with Gasteiger partial charge in [-0.2, -0.15) is 13.2 Å². The van der Waals surface area contributed by atoms with E-state index in [-0.39, 0.29) is 53.1 Å². The molecule has 1 amide bonds. The molecule has 0 aliphatic carbocycles. The van der Waals surface area contributed by atoms with Crippen molar-refractivity contribution in [2.75, 3.05) is 23.5 Å². The van der Waals surface area contributed by atoms with Crippen LogP contribution in [0.1, 0.15) is 29.6 Å². The fourth-order valence-corrected chi connectivity index (χ4v) is 5.96. The summed E-state index contributed by atoms with van der Waals surface area (Å²) in [6.07, 6.45) is -3.19. The lowest BCUT2D eigenvalue weighted by molar-refractivity contribution is -0.125. The third kappa shape index (κ3) is 5.97. The number of hydrogen-bond donors (Lipinski definition) is 3. The zero-order valence-electron chi connectivity index (χ0n) is 18.8. The standard InChI is InChI=1S/C23H23F3N4O4S2/c24-23(25,26)10-2-9-22(32)11-13-30(14-12-22)20(31)15-5-7-16(8-6-15)29-36(33,34)18-4-1-3-17-19(18)28-21(27)35-17/h1-9,29,32H,10-14H2,(H2,27,28). The topological polar surface area (TPSA) is 126 Å². The molecule has 4 N–H and O–H groups in total. The molecule has 13 heteroatoms. The summed E-state index contributed by atoms with van der Waals surface area (Å²) < 4.78 is 66.0. The highest BCUT2D eigenvalue weighted by molar-refractivity contribution is 7.93. The number of anilines is 2. The highest BCUT2D eigenvalue weighted by Crippen LogP contribution is 2.30. The second kappa shape index (κ2) is 9.71. The summed E-state index contributed by atoms with van der Waals surface area (Å²) >= 11 is 1.18. The Hall–Kier alpha value is -3.16. The van der Waals surface area contributed by atoms with Crippen LogP contribution >= 0.6 is 11.3 Å². The molecular formula is C23H23F3N4O4S2. The Labute approximate surface area is 209 Å². The number of hydrogen-bond acceptors (Lipinski definition) is 7. The molecule has 1 saturated heterocycles. The predicted octanol–water partition coefficient (Wildman–Crippen LogP) is 4.16. The number of allylic oxidation sites excluding steroid dienone is 1. The number of sulfonamides is 1. The van der Waals surface area contributed by atoms with Gasteiger partial charge in [-0.1, -0.05) is 29.6 Å². The van der Waals surface area contributed by atoms with Crippen molar-refractivity contribution in [1.29, 1.82) is 0 Å². The number of nitrogens with two attached hydrogens (primary N) is 1. The number of piperidine rings is 1. The third-order valence-electron chi connectivity index (χ3n) is 5.77. The number of halogens is 3. The summed E-state index contributed by atoms with van der Waals surface area (Å²) in [7, 11) is -3.97. The second-order valence-electron chi connectivity index (χ2n) is 8.46. The average molecular weight is 541 g/mol. The van der Waals surface area contributed by atoms with Crippen LogP contribution in [-0.4, -0.2) is 54.2 Å². The molecule has 1 aliphatic rings. The number of nitrogen functional groups attached to an aromatic ring is 1. The van der Waals surface area contributed by atoms with Crippen molar-refractivity contribution >= 4 is 48.3 Å². The summed E-state index contributed by atoms with van der Waals surface area (Å²) in [5, 5.41) is 10.7. The van der Waals surface area contributed by atoms with E-state index in [4.69, 9.17) is 5.73 Å². The van der Waals surface area contributed by atoms with Gasteiger partial charge >= 0.3 is 6.18 Å². The maximum atomic E-state index is 12.9. The number of aromatic nitrogens is 1. The lowest BCUT2D eigenvalue weighted by atomic mass is 9.90. The Bertz CT molecular complexity index is 1390. The van der Waals surface area contributed by atoms with Crippen molar-refractivity contribution in [3.05, 3.63) is 60.2 Å². The van der Waals surface area contributed by atoms with Gasteiger partial charge in [0.2, 0.25) is 0 Å². The first-order valence-electron chi connectivity index (χ1n) is 10.9. The summed E-state index contributed by atoms with van der Waals surface area (Å²) in [6.45, 7) is 0.335. The third-order valence-corrected chi connectivity index (χ3v) is 8.03. The molecule has 4 rings (SSSR count). The molecule has 192 valence electrons. The van der Waals surface area contributed by atoms with E-state index < -0.39 is 28.2 Å².